The molecule has 0 aromatic rings. The number of carbonyl (C=O) groups excluding carboxylic acids is 1. The Bertz CT molecular complexity index is 618. The summed E-state index contributed by atoms with van der Waals surface area (Å²) in [4.78, 5) is 12.3. The number of carbonyl (C=O) groups is 1. The number of allylic oxidation sites excluding steroid dienone is 3. The molecule has 3 N–H and O–H groups in total. The van der Waals surface area contributed by atoms with Crippen LogP contribution in [0.4, 0.5) is 0 Å². The number of rotatable bonds is 34. The molecule has 0 bridgehead atoms. The van der Waals surface area contributed by atoms with Crippen molar-refractivity contribution >= 4 is 5.91 Å². The molecule has 0 spiro atoms. The Morgan fingerprint density at radius 2 is 0.884 bits per heavy atom. The van der Waals surface area contributed by atoms with E-state index in [-0.39, 0.29) is 12.5 Å². The van der Waals surface area contributed by atoms with E-state index >= 15 is 0 Å². The summed E-state index contributed by atoms with van der Waals surface area (Å²) in [6.45, 7) is 4.29. The first-order valence-corrected chi connectivity index (χ1v) is 19.1. The Morgan fingerprint density at radius 3 is 1.28 bits per heavy atom. The second kappa shape index (κ2) is 35.4. The summed E-state index contributed by atoms with van der Waals surface area (Å²) >= 11 is 0. The number of aliphatic hydroxyl groups is 2. The molecule has 2 atom stereocenters. The fraction of sp³-hybridized carbons (Fsp3) is 0.872. The second-order valence-electron chi connectivity index (χ2n) is 13.0. The third-order valence-corrected chi connectivity index (χ3v) is 8.68. The Balaban J connectivity index is 3.60. The quantitative estimate of drug-likeness (QED) is 0.0505. The highest BCUT2D eigenvalue weighted by molar-refractivity contribution is 5.76. The highest BCUT2D eigenvalue weighted by Gasteiger charge is 2.17. The molecule has 0 aromatic carbocycles. The van der Waals surface area contributed by atoms with Crippen LogP contribution in [-0.2, 0) is 4.79 Å². The molecule has 0 heterocycles. The van der Waals surface area contributed by atoms with Crippen LogP contribution in [0, 0.1) is 0 Å². The van der Waals surface area contributed by atoms with Crippen molar-refractivity contribution in [3.63, 3.8) is 0 Å². The van der Waals surface area contributed by atoms with E-state index in [0.717, 1.165) is 25.7 Å². The van der Waals surface area contributed by atoms with E-state index in [1.165, 1.54) is 154 Å². The van der Waals surface area contributed by atoms with Crippen molar-refractivity contribution in [2.45, 2.75) is 212 Å². The average molecular weight is 606 g/mol. The average Bonchev–Trinajstić information content (AvgIpc) is 3.01. The number of aliphatic hydroxyl groups excluding tert-OH is 2. The minimum atomic E-state index is -0.836. The Morgan fingerprint density at radius 1 is 0.535 bits per heavy atom. The van der Waals surface area contributed by atoms with Crippen molar-refractivity contribution < 1.29 is 15.0 Å². The van der Waals surface area contributed by atoms with Gasteiger partial charge in [0.1, 0.15) is 0 Å². The smallest absolute Gasteiger partial charge is 0.220 e. The second-order valence-corrected chi connectivity index (χ2v) is 13.0. The summed E-state index contributed by atoms with van der Waals surface area (Å²) in [6.07, 6.45) is 44.0. The highest BCUT2D eigenvalue weighted by atomic mass is 16.3. The van der Waals surface area contributed by atoms with Crippen LogP contribution in [0.3, 0.4) is 0 Å². The fourth-order valence-electron chi connectivity index (χ4n) is 5.70. The topological polar surface area (TPSA) is 69.6 Å². The van der Waals surface area contributed by atoms with Crippen molar-refractivity contribution in [1.82, 2.24) is 5.32 Å². The summed E-state index contributed by atoms with van der Waals surface area (Å²) < 4.78 is 0. The van der Waals surface area contributed by atoms with Gasteiger partial charge in [-0.3, -0.25) is 4.79 Å². The molecule has 4 nitrogen and oxygen atoms in total. The standard InChI is InChI=1S/C39H75NO3/c1-3-5-7-9-11-13-15-17-18-19-20-21-23-25-27-29-31-33-35-39(43)40-37(36-41)38(42)34-32-30-28-26-24-22-16-14-12-10-8-6-4-2/h18-19,32,34,37-38,41-42H,3-17,20-31,33,35-36H2,1-2H3,(H,40,43)/b19-18-,34-32+. The van der Waals surface area contributed by atoms with Gasteiger partial charge in [0.2, 0.25) is 5.91 Å². The Hall–Kier alpha value is -1.13. The van der Waals surface area contributed by atoms with Crippen LogP contribution in [0.15, 0.2) is 24.3 Å². The maximum absolute atomic E-state index is 12.3. The Kier molecular flexibility index (Phi) is 34.4. The monoisotopic (exact) mass is 606 g/mol. The van der Waals surface area contributed by atoms with E-state index in [1.54, 1.807) is 6.08 Å². The van der Waals surface area contributed by atoms with Crippen molar-refractivity contribution in [1.29, 1.82) is 0 Å². The maximum atomic E-state index is 12.3. The van der Waals surface area contributed by atoms with E-state index in [1.807, 2.05) is 6.08 Å². The molecule has 0 aliphatic heterocycles. The molecule has 0 saturated carbocycles. The van der Waals surface area contributed by atoms with Crippen molar-refractivity contribution in [3.8, 4) is 0 Å². The first-order chi connectivity index (χ1) is 21.2. The molecular weight excluding hydrogens is 530 g/mol. The van der Waals surface area contributed by atoms with Gasteiger partial charge in [0.05, 0.1) is 18.8 Å². The van der Waals surface area contributed by atoms with Gasteiger partial charge in [-0.05, 0) is 44.9 Å². The van der Waals surface area contributed by atoms with Gasteiger partial charge in [-0.25, -0.2) is 0 Å². The Labute approximate surface area is 269 Å². The molecule has 0 saturated heterocycles. The molecule has 0 radical (unpaired) electrons. The van der Waals surface area contributed by atoms with Crippen LogP contribution in [0.25, 0.3) is 0 Å². The molecule has 2 unspecified atom stereocenters. The molecule has 0 aliphatic carbocycles. The van der Waals surface area contributed by atoms with Crippen LogP contribution < -0.4 is 5.32 Å². The molecule has 0 rings (SSSR count). The lowest BCUT2D eigenvalue weighted by Crippen LogP contribution is -2.45. The third-order valence-electron chi connectivity index (χ3n) is 8.68. The molecule has 0 aliphatic rings. The fourth-order valence-corrected chi connectivity index (χ4v) is 5.70. The van der Waals surface area contributed by atoms with Crippen LogP contribution in [-0.4, -0.2) is 34.9 Å². The van der Waals surface area contributed by atoms with Crippen molar-refractivity contribution in [3.05, 3.63) is 24.3 Å². The lowest BCUT2D eigenvalue weighted by Gasteiger charge is -2.20. The molecule has 4 heteroatoms. The minimum Gasteiger partial charge on any atom is -0.394 e. The van der Waals surface area contributed by atoms with E-state index in [0.29, 0.717) is 6.42 Å². The van der Waals surface area contributed by atoms with Crippen LogP contribution in [0.1, 0.15) is 200 Å². The molecule has 0 fully saturated rings. The van der Waals surface area contributed by atoms with Crippen LogP contribution in [0.5, 0.6) is 0 Å². The SMILES string of the molecule is CCCCCCCCC/C=C\CCCCCCCCCC(=O)NC(CO)C(O)/C=C/CCCCCCCCCCCCC. The molecule has 0 aromatic heterocycles. The van der Waals surface area contributed by atoms with E-state index in [2.05, 4.69) is 31.3 Å². The van der Waals surface area contributed by atoms with Crippen LogP contribution >= 0.6 is 0 Å². The van der Waals surface area contributed by atoms with Gasteiger partial charge in [-0.15, -0.1) is 0 Å². The van der Waals surface area contributed by atoms with E-state index < -0.39 is 12.1 Å². The lowest BCUT2D eigenvalue weighted by molar-refractivity contribution is -0.123. The number of nitrogens with one attached hydrogen (secondary N) is 1. The van der Waals surface area contributed by atoms with Gasteiger partial charge in [-0.2, -0.15) is 0 Å². The minimum absolute atomic E-state index is 0.0693. The van der Waals surface area contributed by atoms with E-state index in [4.69, 9.17) is 0 Å². The number of amides is 1. The van der Waals surface area contributed by atoms with Crippen molar-refractivity contribution in [2.75, 3.05) is 6.61 Å². The van der Waals surface area contributed by atoms with Gasteiger partial charge in [0, 0.05) is 6.42 Å². The van der Waals surface area contributed by atoms with Gasteiger partial charge in [0.15, 0.2) is 0 Å². The number of hydrogen-bond donors (Lipinski definition) is 3. The van der Waals surface area contributed by atoms with Crippen LogP contribution in [0.2, 0.25) is 0 Å². The molecule has 254 valence electrons. The zero-order chi connectivity index (χ0) is 31.5. The predicted molar refractivity (Wildman–Crippen MR) is 189 cm³/mol. The maximum Gasteiger partial charge on any atom is 0.220 e. The molecule has 1 amide bonds. The van der Waals surface area contributed by atoms with E-state index in [9.17, 15) is 15.0 Å². The number of unbranched alkanes of at least 4 members (excludes halogenated alkanes) is 25. The molecule has 43 heavy (non-hydrogen) atoms. The summed E-state index contributed by atoms with van der Waals surface area (Å²) in [5, 5.41) is 22.9. The van der Waals surface area contributed by atoms with Gasteiger partial charge in [-0.1, -0.05) is 173 Å². The summed E-state index contributed by atoms with van der Waals surface area (Å²) in [5.41, 5.74) is 0. The number of hydrogen-bond acceptors (Lipinski definition) is 3. The van der Waals surface area contributed by atoms with Gasteiger partial charge >= 0.3 is 0 Å². The lowest BCUT2D eigenvalue weighted by atomic mass is 10.0. The van der Waals surface area contributed by atoms with Gasteiger partial charge < -0.3 is 15.5 Å². The molecular formula is C39H75NO3. The zero-order valence-electron chi connectivity index (χ0n) is 29.0. The predicted octanol–water partition coefficient (Wildman–Crippen LogP) is 11.3. The van der Waals surface area contributed by atoms with Crippen molar-refractivity contribution in [2.24, 2.45) is 0 Å². The third kappa shape index (κ3) is 32.1. The summed E-state index contributed by atoms with van der Waals surface area (Å²) in [6, 6.07) is -0.620. The van der Waals surface area contributed by atoms with Gasteiger partial charge in [0.25, 0.3) is 0 Å². The zero-order valence-corrected chi connectivity index (χ0v) is 29.0. The first kappa shape index (κ1) is 41.9. The first-order valence-electron chi connectivity index (χ1n) is 19.1. The largest absolute Gasteiger partial charge is 0.394 e. The normalized spacial score (nSPS) is 13.3. The highest BCUT2D eigenvalue weighted by Crippen LogP contribution is 2.14. The summed E-state index contributed by atoms with van der Waals surface area (Å²) in [5.74, 6) is -0.0693. The summed E-state index contributed by atoms with van der Waals surface area (Å²) in [7, 11) is 0.